The van der Waals surface area contributed by atoms with Crippen LogP contribution in [0.1, 0.15) is 22.7 Å². The Morgan fingerprint density at radius 1 is 1.24 bits per heavy atom. The fraction of sp³-hybridized carbons (Fsp3) is 0.571. The first-order chi connectivity index (χ1) is 8.24. The van der Waals surface area contributed by atoms with Crippen LogP contribution < -0.4 is 5.32 Å². The molecule has 3 heteroatoms. The molecule has 17 heavy (non-hydrogen) atoms. The molecule has 1 aromatic rings. The minimum absolute atomic E-state index is 0.0710. The van der Waals surface area contributed by atoms with E-state index in [1.807, 2.05) is 6.07 Å². The van der Waals surface area contributed by atoms with Crippen molar-refractivity contribution in [2.24, 2.45) is 0 Å². The van der Waals surface area contributed by atoms with Crippen LogP contribution in [0, 0.1) is 13.8 Å². The Kier molecular flexibility index (Phi) is 4.13. The predicted molar refractivity (Wildman–Crippen MR) is 69.1 cm³/mol. The van der Waals surface area contributed by atoms with E-state index in [9.17, 15) is 4.39 Å². The number of alkyl halides is 1. The van der Waals surface area contributed by atoms with Gasteiger partial charge in [0.15, 0.2) is 0 Å². The molecule has 1 aliphatic rings. The number of halogens is 1. The fourth-order valence-electron chi connectivity index (χ4n) is 2.70. The number of piperazine rings is 1. The Bertz CT molecular complexity index is 352. The van der Waals surface area contributed by atoms with Crippen molar-refractivity contribution in [2.45, 2.75) is 19.9 Å². The van der Waals surface area contributed by atoms with Gasteiger partial charge in [0.05, 0.1) is 6.04 Å². The standard InChI is InChI=1S/C14H21FN2/c1-11-4-3-5-12(2)14(11)13(10-15)17-8-6-16-7-9-17/h3-5,13,16H,6-10H2,1-2H3/t13-/m0/s1. The van der Waals surface area contributed by atoms with Crippen molar-refractivity contribution in [3.63, 3.8) is 0 Å². The summed E-state index contributed by atoms with van der Waals surface area (Å²) in [6.07, 6.45) is 0. The number of hydrogen-bond acceptors (Lipinski definition) is 2. The highest BCUT2D eigenvalue weighted by Crippen LogP contribution is 2.27. The van der Waals surface area contributed by atoms with Crippen molar-refractivity contribution in [1.82, 2.24) is 10.2 Å². The molecule has 1 saturated heterocycles. The molecule has 1 atom stereocenters. The topological polar surface area (TPSA) is 15.3 Å². The summed E-state index contributed by atoms with van der Waals surface area (Å²) in [5.41, 5.74) is 3.58. The lowest BCUT2D eigenvalue weighted by atomic mass is 9.95. The second kappa shape index (κ2) is 5.61. The second-order valence-corrected chi connectivity index (χ2v) is 4.76. The van der Waals surface area contributed by atoms with E-state index in [-0.39, 0.29) is 12.7 Å². The Labute approximate surface area is 103 Å². The van der Waals surface area contributed by atoms with Crippen LogP contribution in [-0.4, -0.2) is 37.8 Å². The van der Waals surface area contributed by atoms with Gasteiger partial charge in [-0.25, -0.2) is 4.39 Å². The molecule has 0 aliphatic carbocycles. The third-order valence-electron chi connectivity index (χ3n) is 3.61. The van der Waals surface area contributed by atoms with Gasteiger partial charge in [0.25, 0.3) is 0 Å². The van der Waals surface area contributed by atoms with E-state index in [1.54, 1.807) is 0 Å². The van der Waals surface area contributed by atoms with Gasteiger partial charge < -0.3 is 5.32 Å². The van der Waals surface area contributed by atoms with Gasteiger partial charge in [-0.15, -0.1) is 0 Å². The average molecular weight is 236 g/mol. The van der Waals surface area contributed by atoms with E-state index in [0.717, 1.165) is 26.2 Å². The Morgan fingerprint density at radius 2 is 1.82 bits per heavy atom. The molecule has 2 nitrogen and oxygen atoms in total. The van der Waals surface area contributed by atoms with E-state index in [0.29, 0.717) is 0 Å². The molecule has 0 radical (unpaired) electrons. The number of hydrogen-bond donors (Lipinski definition) is 1. The quantitative estimate of drug-likeness (QED) is 0.865. The van der Waals surface area contributed by atoms with Crippen LogP contribution in [0.4, 0.5) is 4.39 Å². The Hall–Kier alpha value is -0.930. The summed E-state index contributed by atoms with van der Waals surface area (Å²) in [6.45, 7) is 7.64. The number of nitrogens with one attached hydrogen (secondary N) is 1. The molecule has 0 spiro atoms. The number of aryl methyl sites for hydroxylation is 2. The van der Waals surface area contributed by atoms with Crippen molar-refractivity contribution >= 4 is 0 Å². The molecule has 0 bridgehead atoms. The van der Waals surface area contributed by atoms with Crippen LogP contribution in [0.2, 0.25) is 0 Å². The summed E-state index contributed by atoms with van der Waals surface area (Å²) in [4.78, 5) is 2.26. The summed E-state index contributed by atoms with van der Waals surface area (Å²) < 4.78 is 13.4. The third-order valence-corrected chi connectivity index (χ3v) is 3.61. The minimum Gasteiger partial charge on any atom is -0.314 e. The van der Waals surface area contributed by atoms with Gasteiger partial charge in [-0.1, -0.05) is 18.2 Å². The van der Waals surface area contributed by atoms with E-state index < -0.39 is 0 Å². The number of nitrogens with zero attached hydrogens (tertiary/aromatic N) is 1. The van der Waals surface area contributed by atoms with Gasteiger partial charge in [-0.3, -0.25) is 4.90 Å². The predicted octanol–water partition coefficient (Wildman–Crippen LogP) is 2.22. The molecular formula is C14H21FN2. The molecule has 0 aromatic heterocycles. The average Bonchev–Trinajstić information content (AvgIpc) is 2.35. The van der Waals surface area contributed by atoms with Gasteiger partial charge in [0, 0.05) is 26.2 Å². The molecule has 1 heterocycles. The number of rotatable bonds is 3. The zero-order valence-corrected chi connectivity index (χ0v) is 10.7. The number of benzene rings is 1. The van der Waals surface area contributed by atoms with Crippen LogP contribution in [-0.2, 0) is 0 Å². The maximum atomic E-state index is 13.4. The van der Waals surface area contributed by atoms with Crippen molar-refractivity contribution in [3.05, 3.63) is 34.9 Å². The highest BCUT2D eigenvalue weighted by molar-refractivity contribution is 5.36. The first-order valence-electron chi connectivity index (χ1n) is 6.31. The van der Waals surface area contributed by atoms with Crippen LogP contribution in [0.5, 0.6) is 0 Å². The molecule has 0 amide bonds. The smallest absolute Gasteiger partial charge is 0.109 e. The van der Waals surface area contributed by atoms with Crippen LogP contribution >= 0.6 is 0 Å². The normalized spacial score (nSPS) is 19.2. The monoisotopic (exact) mass is 236 g/mol. The molecule has 0 saturated carbocycles. The van der Waals surface area contributed by atoms with E-state index in [4.69, 9.17) is 0 Å². The van der Waals surface area contributed by atoms with E-state index in [2.05, 4.69) is 36.2 Å². The van der Waals surface area contributed by atoms with Crippen LogP contribution in [0.25, 0.3) is 0 Å². The fourth-order valence-corrected chi connectivity index (χ4v) is 2.70. The molecule has 0 unspecified atom stereocenters. The lowest BCUT2D eigenvalue weighted by Gasteiger charge is -2.35. The summed E-state index contributed by atoms with van der Waals surface area (Å²) >= 11 is 0. The van der Waals surface area contributed by atoms with Crippen LogP contribution in [0.3, 0.4) is 0 Å². The summed E-state index contributed by atoms with van der Waals surface area (Å²) in [5.74, 6) is 0. The second-order valence-electron chi connectivity index (χ2n) is 4.76. The maximum absolute atomic E-state index is 13.4. The van der Waals surface area contributed by atoms with Gasteiger partial charge >= 0.3 is 0 Å². The zero-order chi connectivity index (χ0) is 12.3. The zero-order valence-electron chi connectivity index (χ0n) is 10.7. The van der Waals surface area contributed by atoms with Crippen molar-refractivity contribution in [1.29, 1.82) is 0 Å². The SMILES string of the molecule is Cc1cccc(C)c1[C@H](CF)N1CCNCC1. The minimum atomic E-state index is -0.300. The van der Waals surface area contributed by atoms with Crippen LogP contribution in [0.15, 0.2) is 18.2 Å². The summed E-state index contributed by atoms with van der Waals surface area (Å²) in [6, 6.07) is 6.13. The maximum Gasteiger partial charge on any atom is 0.109 e. The summed E-state index contributed by atoms with van der Waals surface area (Å²) in [7, 11) is 0. The molecule has 1 N–H and O–H groups in total. The Balaban J connectivity index is 2.27. The van der Waals surface area contributed by atoms with Gasteiger partial charge in [0.1, 0.15) is 6.67 Å². The van der Waals surface area contributed by atoms with Crippen molar-refractivity contribution < 1.29 is 4.39 Å². The Morgan fingerprint density at radius 3 is 2.35 bits per heavy atom. The first kappa shape index (κ1) is 12.5. The third kappa shape index (κ3) is 2.67. The highest BCUT2D eigenvalue weighted by Gasteiger charge is 2.24. The lowest BCUT2D eigenvalue weighted by Crippen LogP contribution is -2.46. The molecule has 1 aromatic carbocycles. The van der Waals surface area contributed by atoms with Crippen molar-refractivity contribution in [2.75, 3.05) is 32.9 Å². The van der Waals surface area contributed by atoms with Crippen molar-refractivity contribution in [3.8, 4) is 0 Å². The molecule has 1 aliphatic heterocycles. The van der Waals surface area contributed by atoms with Gasteiger partial charge in [-0.2, -0.15) is 0 Å². The largest absolute Gasteiger partial charge is 0.314 e. The van der Waals surface area contributed by atoms with E-state index in [1.165, 1.54) is 16.7 Å². The lowest BCUT2D eigenvalue weighted by molar-refractivity contribution is 0.146. The van der Waals surface area contributed by atoms with E-state index >= 15 is 0 Å². The molecule has 94 valence electrons. The highest BCUT2D eigenvalue weighted by atomic mass is 19.1. The summed E-state index contributed by atoms with van der Waals surface area (Å²) in [5, 5.41) is 3.31. The molecule has 1 fully saturated rings. The van der Waals surface area contributed by atoms with Gasteiger partial charge in [0.2, 0.25) is 0 Å². The first-order valence-corrected chi connectivity index (χ1v) is 6.31. The van der Waals surface area contributed by atoms with Gasteiger partial charge in [-0.05, 0) is 30.5 Å². The molecular weight excluding hydrogens is 215 g/mol. The molecule has 2 rings (SSSR count).